The number of hydrogen-bond acceptors (Lipinski definition) is 5. The number of anilines is 1. The molecule has 3 aromatic rings. The first kappa shape index (κ1) is 24.4. The van der Waals surface area contributed by atoms with Crippen molar-refractivity contribution >= 4 is 52.2 Å². The van der Waals surface area contributed by atoms with Gasteiger partial charge in [-0.2, -0.15) is 0 Å². The number of amides is 3. The molecule has 35 heavy (non-hydrogen) atoms. The predicted octanol–water partition coefficient (Wildman–Crippen LogP) is 5.87. The molecule has 10 heteroatoms. The van der Waals surface area contributed by atoms with Crippen LogP contribution in [0.25, 0.3) is 6.08 Å². The summed E-state index contributed by atoms with van der Waals surface area (Å²) in [6.45, 7) is -0.519. The summed E-state index contributed by atoms with van der Waals surface area (Å²) in [5, 5.41) is 2.21. The molecule has 3 aromatic carbocycles. The Kier molecular flexibility index (Phi) is 7.48. The summed E-state index contributed by atoms with van der Waals surface area (Å²) in [6.07, 6.45) is 1.53. The number of rotatable bonds is 7. The summed E-state index contributed by atoms with van der Waals surface area (Å²) < 4.78 is 32.5. The van der Waals surface area contributed by atoms with Crippen molar-refractivity contribution < 1.29 is 27.9 Å². The minimum absolute atomic E-state index is 0.0519. The molecule has 0 aliphatic carbocycles. The first-order chi connectivity index (χ1) is 16.8. The van der Waals surface area contributed by atoms with E-state index in [1.54, 1.807) is 30.3 Å². The molecule has 1 heterocycles. The fourth-order valence-electron chi connectivity index (χ4n) is 3.15. The van der Waals surface area contributed by atoms with Gasteiger partial charge < -0.3 is 10.1 Å². The summed E-state index contributed by atoms with van der Waals surface area (Å²) >= 11 is 6.72. The molecule has 0 unspecified atom stereocenters. The van der Waals surface area contributed by atoms with Gasteiger partial charge >= 0.3 is 0 Å². The van der Waals surface area contributed by atoms with Crippen LogP contribution in [-0.4, -0.2) is 28.5 Å². The number of halogens is 3. The quantitative estimate of drug-likeness (QED) is 0.399. The van der Waals surface area contributed by atoms with Gasteiger partial charge in [0.15, 0.2) is 0 Å². The van der Waals surface area contributed by atoms with Crippen molar-refractivity contribution in [2.75, 3.05) is 11.9 Å². The highest BCUT2D eigenvalue weighted by atomic mass is 35.5. The van der Waals surface area contributed by atoms with Gasteiger partial charge in [-0.25, -0.2) is 8.78 Å². The van der Waals surface area contributed by atoms with Crippen LogP contribution in [0.3, 0.4) is 0 Å². The highest BCUT2D eigenvalue weighted by Gasteiger charge is 2.36. The molecule has 0 aromatic heterocycles. The highest BCUT2D eigenvalue weighted by molar-refractivity contribution is 8.18. The van der Waals surface area contributed by atoms with Crippen LogP contribution in [0, 0.1) is 11.6 Å². The molecule has 6 nitrogen and oxygen atoms in total. The summed E-state index contributed by atoms with van der Waals surface area (Å²) in [5.74, 6) is -1.63. The third-order valence-electron chi connectivity index (χ3n) is 4.93. The van der Waals surface area contributed by atoms with Crippen molar-refractivity contribution in [1.29, 1.82) is 0 Å². The maximum Gasteiger partial charge on any atom is 0.294 e. The Morgan fingerprint density at radius 1 is 1.03 bits per heavy atom. The second-order valence-electron chi connectivity index (χ2n) is 7.38. The van der Waals surface area contributed by atoms with Crippen LogP contribution in [0.15, 0.2) is 71.6 Å². The number of thioether (sulfide) groups is 1. The Balaban J connectivity index is 1.37. The van der Waals surface area contributed by atoms with Crippen molar-refractivity contribution in [2.45, 2.75) is 6.61 Å². The summed E-state index contributed by atoms with van der Waals surface area (Å²) in [7, 11) is 0. The van der Waals surface area contributed by atoms with E-state index in [-0.39, 0.29) is 22.1 Å². The molecule has 0 radical (unpaired) electrons. The molecule has 178 valence electrons. The number of benzene rings is 3. The van der Waals surface area contributed by atoms with Crippen molar-refractivity contribution in [2.24, 2.45) is 0 Å². The molecular formula is C25H17ClF2N2O4S. The molecule has 1 N–H and O–H groups in total. The average molecular weight is 515 g/mol. The van der Waals surface area contributed by atoms with Crippen molar-refractivity contribution in [1.82, 2.24) is 4.90 Å². The number of carbonyl (C=O) groups excluding carboxylic acids is 3. The zero-order valence-electron chi connectivity index (χ0n) is 18.0. The first-order valence-electron chi connectivity index (χ1n) is 10.3. The molecular weight excluding hydrogens is 498 g/mol. The number of ether oxygens (including phenoxy) is 1. The molecule has 1 saturated heterocycles. The first-order valence-corrected chi connectivity index (χ1v) is 11.5. The van der Waals surface area contributed by atoms with Crippen LogP contribution in [0.4, 0.5) is 19.3 Å². The van der Waals surface area contributed by atoms with E-state index in [9.17, 15) is 23.2 Å². The van der Waals surface area contributed by atoms with Crippen molar-refractivity contribution in [3.8, 4) is 5.75 Å². The van der Waals surface area contributed by atoms with Gasteiger partial charge in [0.2, 0.25) is 5.91 Å². The van der Waals surface area contributed by atoms with Crippen LogP contribution in [0.1, 0.15) is 11.1 Å². The number of carbonyl (C=O) groups is 3. The molecule has 1 aliphatic heterocycles. The van der Waals surface area contributed by atoms with Crippen LogP contribution in [0.5, 0.6) is 5.75 Å². The SMILES string of the molecule is O=C(CN1C(=O)S/C(=C\c2ccc(OCc3c(F)cccc3Cl)cc2)C1=O)Nc1ccc(F)cc1. The van der Waals surface area contributed by atoms with Gasteiger partial charge in [-0.05, 0) is 71.9 Å². The smallest absolute Gasteiger partial charge is 0.294 e. The molecule has 0 spiro atoms. The summed E-state index contributed by atoms with van der Waals surface area (Å²) in [4.78, 5) is 38.2. The number of imide groups is 1. The lowest BCUT2D eigenvalue weighted by Crippen LogP contribution is -2.36. The lowest BCUT2D eigenvalue weighted by molar-refractivity contribution is -0.127. The predicted molar refractivity (Wildman–Crippen MR) is 130 cm³/mol. The zero-order valence-corrected chi connectivity index (χ0v) is 19.5. The molecule has 1 fully saturated rings. The summed E-state index contributed by atoms with van der Waals surface area (Å²) in [6, 6.07) is 16.1. The monoisotopic (exact) mass is 514 g/mol. The standard InChI is InChI=1S/C25H17ClF2N2O4S/c26-20-2-1-3-21(28)19(20)14-34-18-10-4-15(5-11-18)12-22-24(32)30(25(33)35-22)13-23(31)29-17-8-6-16(27)7-9-17/h1-12H,13-14H2,(H,29,31)/b22-12-. The zero-order chi connectivity index (χ0) is 24.9. The van der Waals surface area contributed by atoms with E-state index in [4.69, 9.17) is 16.3 Å². The third kappa shape index (κ3) is 6.06. The maximum absolute atomic E-state index is 13.9. The fourth-order valence-corrected chi connectivity index (χ4v) is 4.21. The minimum atomic E-state index is -0.594. The van der Waals surface area contributed by atoms with E-state index < -0.39 is 35.2 Å². The highest BCUT2D eigenvalue weighted by Crippen LogP contribution is 2.32. The number of hydrogen-bond donors (Lipinski definition) is 1. The number of nitrogens with zero attached hydrogens (tertiary/aromatic N) is 1. The van der Waals surface area contributed by atoms with Gasteiger partial charge in [0.05, 0.1) is 9.93 Å². The van der Waals surface area contributed by atoms with Crippen molar-refractivity contribution in [3.05, 3.63) is 99.4 Å². The Morgan fingerprint density at radius 2 is 1.74 bits per heavy atom. The minimum Gasteiger partial charge on any atom is -0.489 e. The van der Waals surface area contributed by atoms with E-state index >= 15 is 0 Å². The molecule has 0 saturated carbocycles. The van der Waals surface area contributed by atoms with Crippen LogP contribution < -0.4 is 10.1 Å². The molecule has 1 aliphatic rings. The second kappa shape index (κ2) is 10.7. The van der Waals surface area contributed by atoms with E-state index in [0.717, 1.165) is 16.7 Å². The molecule has 0 atom stereocenters. The topological polar surface area (TPSA) is 75.7 Å². The molecule has 0 bridgehead atoms. The van der Waals surface area contributed by atoms with Gasteiger partial charge in [0, 0.05) is 11.3 Å². The third-order valence-corrected chi connectivity index (χ3v) is 6.19. The van der Waals surface area contributed by atoms with Gasteiger partial charge in [-0.3, -0.25) is 19.3 Å². The Bertz CT molecular complexity index is 1290. The molecule has 4 rings (SSSR count). The van der Waals surface area contributed by atoms with Crippen LogP contribution in [-0.2, 0) is 16.2 Å². The van der Waals surface area contributed by atoms with Crippen LogP contribution in [0.2, 0.25) is 5.02 Å². The fraction of sp³-hybridized carbons (Fsp3) is 0.0800. The van der Waals surface area contributed by atoms with E-state index in [1.807, 2.05) is 0 Å². The van der Waals surface area contributed by atoms with E-state index in [0.29, 0.717) is 17.0 Å². The van der Waals surface area contributed by atoms with Gasteiger partial charge in [0.25, 0.3) is 11.1 Å². The van der Waals surface area contributed by atoms with E-state index in [2.05, 4.69) is 5.32 Å². The normalized spacial score (nSPS) is 14.5. The van der Waals surface area contributed by atoms with Gasteiger partial charge in [-0.15, -0.1) is 0 Å². The van der Waals surface area contributed by atoms with Gasteiger partial charge in [-0.1, -0.05) is 29.8 Å². The second-order valence-corrected chi connectivity index (χ2v) is 8.78. The van der Waals surface area contributed by atoms with Crippen LogP contribution >= 0.6 is 23.4 Å². The van der Waals surface area contributed by atoms with E-state index in [1.165, 1.54) is 42.5 Å². The molecule has 3 amide bonds. The Hall–Kier alpha value is -3.69. The maximum atomic E-state index is 13.9. The average Bonchev–Trinajstić information content (AvgIpc) is 3.08. The largest absolute Gasteiger partial charge is 0.489 e. The summed E-state index contributed by atoms with van der Waals surface area (Å²) in [5.41, 5.74) is 1.22. The van der Waals surface area contributed by atoms with Gasteiger partial charge in [0.1, 0.15) is 30.5 Å². The lowest BCUT2D eigenvalue weighted by Gasteiger charge is -2.12. The number of nitrogens with one attached hydrogen (secondary N) is 1. The van der Waals surface area contributed by atoms with Crippen molar-refractivity contribution in [3.63, 3.8) is 0 Å². The lowest BCUT2D eigenvalue weighted by atomic mass is 10.2. The Morgan fingerprint density at radius 3 is 2.43 bits per heavy atom. The Labute approximate surface area is 208 Å².